The maximum Gasteiger partial charge on any atom is 0.248 e. The van der Waals surface area contributed by atoms with Gasteiger partial charge < -0.3 is 4.42 Å². The molecule has 68 valence electrons. The van der Waals surface area contributed by atoms with Crippen molar-refractivity contribution in [2.45, 2.75) is 0 Å². The normalized spacial score (nSPS) is 9.71. The van der Waals surface area contributed by atoms with Crippen LogP contribution in [-0.2, 0) is 0 Å². The second kappa shape index (κ2) is 3.26. The van der Waals surface area contributed by atoms with Gasteiger partial charge in [-0.2, -0.15) is 5.26 Å². The van der Waals surface area contributed by atoms with Crippen molar-refractivity contribution in [2.75, 3.05) is 0 Å². The average molecular weight is 189 g/mol. The molecule has 1 heterocycles. The number of hydrogen-bond acceptors (Lipinski definition) is 4. The Bertz CT molecular complexity index is 487. The van der Waals surface area contributed by atoms with E-state index in [9.17, 15) is 4.39 Å². The SMILES string of the molecule is N#Cc1cc(F)ccc1-c1nnco1. The van der Waals surface area contributed by atoms with Gasteiger partial charge in [0.2, 0.25) is 12.3 Å². The summed E-state index contributed by atoms with van der Waals surface area (Å²) in [5.41, 5.74) is 0.612. The molecule has 1 aromatic carbocycles. The van der Waals surface area contributed by atoms with Gasteiger partial charge in [-0.1, -0.05) is 0 Å². The molecule has 14 heavy (non-hydrogen) atoms. The highest BCUT2D eigenvalue weighted by Crippen LogP contribution is 2.21. The molecule has 0 radical (unpaired) electrons. The lowest BCUT2D eigenvalue weighted by molar-refractivity contribution is 0.568. The summed E-state index contributed by atoms with van der Waals surface area (Å²) >= 11 is 0. The minimum Gasteiger partial charge on any atom is -0.423 e. The van der Waals surface area contributed by atoms with E-state index in [0.717, 1.165) is 12.5 Å². The van der Waals surface area contributed by atoms with Crippen LogP contribution in [-0.4, -0.2) is 10.2 Å². The number of nitriles is 1. The number of nitrogens with zero attached hydrogens (tertiary/aromatic N) is 3. The van der Waals surface area contributed by atoms with E-state index >= 15 is 0 Å². The molecule has 0 N–H and O–H groups in total. The van der Waals surface area contributed by atoms with E-state index in [0.29, 0.717) is 5.56 Å². The lowest BCUT2D eigenvalue weighted by Crippen LogP contribution is -1.86. The molecule has 0 aliphatic heterocycles. The van der Waals surface area contributed by atoms with E-state index in [1.54, 1.807) is 0 Å². The largest absolute Gasteiger partial charge is 0.423 e. The molecular weight excluding hydrogens is 185 g/mol. The Kier molecular flexibility index (Phi) is 1.95. The molecule has 0 bridgehead atoms. The number of aromatic nitrogens is 2. The van der Waals surface area contributed by atoms with Crippen LogP contribution in [0.15, 0.2) is 29.0 Å². The summed E-state index contributed by atoms with van der Waals surface area (Å²) in [6.45, 7) is 0. The fourth-order valence-electron chi connectivity index (χ4n) is 1.09. The fourth-order valence-corrected chi connectivity index (χ4v) is 1.09. The Hall–Kier alpha value is -2.22. The molecule has 4 nitrogen and oxygen atoms in total. The molecule has 0 unspecified atom stereocenters. The van der Waals surface area contributed by atoms with Crippen LogP contribution in [0.3, 0.4) is 0 Å². The first kappa shape index (κ1) is 8.38. The van der Waals surface area contributed by atoms with Gasteiger partial charge in [0.1, 0.15) is 11.9 Å². The lowest BCUT2D eigenvalue weighted by Gasteiger charge is -1.97. The van der Waals surface area contributed by atoms with Crippen LogP contribution in [0.1, 0.15) is 5.56 Å². The molecular formula is C9H4FN3O. The van der Waals surface area contributed by atoms with E-state index in [2.05, 4.69) is 10.2 Å². The van der Waals surface area contributed by atoms with Crippen LogP contribution in [0, 0.1) is 17.1 Å². The summed E-state index contributed by atoms with van der Waals surface area (Å²) in [4.78, 5) is 0. The molecule has 0 aliphatic carbocycles. The molecule has 0 aliphatic rings. The van der Waals surface area contributed by atoms with Crippen molar-refractivity contribution in [3.63, 3.8) is 0 Å². The molecule has 0 atom stereocenters. The number of benzene rings is 1. The van der Waals surface area contributed by atoms with Crippen LogP contribution >= 0.6 is 0 Å². The molecule has 2 aromatic rings. The number of halogens is 1. The van der Waals surface area contributed by atoms with E-state index in [4.69, 9.17) is 9.68 Å². The molecule has 0 amide bonds. The fraction of sp³-hybridized carbons (Fsp3) is 0. The Morgan fingerprint density at radius 2 is 2.29 bits per heavy atom. The van der Waals surface area contributed by atoms with E-state index in [-0.39, 0.29) is 11.5 Å². The Morgan fingerprint density at radius 3 is 2.93 bits per heavy atom. The third kappa shape index (κ3) is 1.33. The van der Waals surface area contributed by atoms with Crippen LogP contribution in [0.5, 0.6) is 0 Å². The van der Waals surface area contributed by atoms with Gasteiger partial charge in [0.25, 0.3) is 0 Å². The zero-order chi connectivity index (χ0) is 9.97. The zero-order valence-electron chi connectivity index (χ0n) is 6.94. The molecule has 0 fully saturated rings. The van der Waals surface area contributed by atoms with Crippen LogP contribution in [0.2, 0.25) is 0 Å². The summed E-state index contributed by atoms with van der Waals surface area (Å²) in [5, 5.41) is 15.8. The minimum absolute atomic E-state index is 0.175. The van der Waals surface area contributed by atoms with Crippen molar-refractivity contribution in [1.82, 2.24) is 10.2 Å². The Morgan fingerprint density at radius 1 is 1.43 bits per heavy atom. The molecule has 0 spiro atoms. The minimum atomic E-state index is -0.468. The smallest absolute Gasteiger partial charge is 0.248 e. The molecule has 2 rings (SSSR count). The maximum atomic E-state index is 12.8. The highest BCUT2D eigenvalue weighted by molar-refractivity contribution is 5.62. The molecule has 0 saturated heterocycles. The quantitative estimate of drug-likeness (QED) is 0.685. The van der Waals surface area contributed by atoms with Gasteiger partial charge in [0.15, 0.2) is 0 Å². The topological polar surface area (TPSA) is 62.7 Å². The van der Waals surface area contributed by atoms with Crippen LogP contribution < -0.4 is 0 Å². The highest BCUT2D eigenvalue weighted by Gasteiger charge is 2.10. The first-order valence-electron chi connectivity index (χ1n) is 3.77. The Labute approximate surface area is 78.6 Å². The van der Waals surface area contributed by atoms with E-state index in [1.807, 2.05) is 6.07 Å². The van der Waals surface area contributed by atoms with Crippen molar-refractivity contribution in [3.05, 3.63) is 36.0 Å². The summed E-state index contributed by atoms with van der Waals surface area (Å²) < 4.78 is 17.7. The van der Waals surface area contributed by atoms with Gasteiger partial charge in [-0.15, -0.1) is 10.2 Å². The maximum absolute atomic E-state index is 12.8. The van der Waals surface area contributed by atoms with Gasteiger partial charge in [0, 0.05) is 0 Å². The van der Waals surface area contributed by atoms with Crippen molar-refractivity contribution < 1.29 is 8.81 Å². The lowest BCUT2D eigenvalue weighted by atomic mass is 10.1. The third-order valence-corrected chi connectivity index (χ3v) is 1.69. The van der Waals surface area contributed by atoms with Crippen molar-refractivity contribution in [2.24, 2.45) is 0 Å². The summed E-state index contributed by atoms with van der Waals surface area (Å²) in [6, 6.07) is 5.65. The predicted molar refractivity (Wildman–Crippen MR) is 44.4 cm³/mol. The summed E-state index contributed by atoms with van der Waals surface area (Å²) in [6.07, 6.45) is 1.15. The highest BCUT2D eigenvalue weighted by atomic mass is 19.1. The molecule has 0 saturated carbocycles. The van der Waals surface area contributed by atoms with Crippen LogP contribution in [0.4, 0.5) is 4.39 Å². The monoisotopic (exact) mass is 189 g/mol. The second-order valence-electron chi connectivity index (χ2n) is 2.55. The number of hydrogen-bond donors (Lipinski definition) is 0. The molecule has 1 aromatic heterocycles. The summed E-state index contributed by atoms with van der Waals surface area (Å²) in [5.74, 6) is -0.258. The Balaban J connectivity index is 2.60. The summed E-state index contributed by atoms with van der Waals surface area (Å²) in [7, 11) is 0. The zero-order valence-corrected chi connectivity index (χ0v) is 6.94. The van der Waals surface area contributed by atoms with Crippen molar-refractivity contribution in [1.29, 1.82) is 5.26 Å². The van der Waals surface area contributed by atoms with Gasteiger partial charge in [-0.05, 0) is 18.2 Å². The van der Waals surface area contributed by atoms with Crippen LogP contribution in [0.25, 0.3) is 11.5 Å². The van der Waals surface area contributed by atoms with Crippen molar-refractivity contribution in [3.8, 4) is 17.5 Å². The molecule has 5 heteroatoms. The standard InChI is InChI=1S/C9H4FN3O/c10-7-1-2-8(6(3-7)4-11)9-13-12-5-14-9/h1-3,5H. The van der Waals surface area contributed by atoms with Gasteiger partial charge >= 0.3 is 0 Å². The van der Waals surface area contributed by atoms with E-state index < -0.39 is 5.82 Å². The van der Waals surface area contributed by atoms with Gasteiger partial charge in [0.05, 0.1) is 11.1 Å². The van der Waals surface area contributed by atoms with Gasteiger partial charge in [-0.3, -0.25) is 0 Å². The first-order valence-corrected chi connectivity index (χ1v) is 3.77. The second-order valence-corrected chi connectivity index (χ2v) is 2.55. The number of rotatable bonds is 1. The predicted octanol–water partition coefficient (Wildman–Crippen LogP) is 1.75. The van der Waals surface area contributed by atoms with Crippen molar-refractivity contribution >= 4 is 0 Å². The average Bonchev–Trinajstić information content (AvgIpc) is 2.70. The van der Waals surface area contributed by atoms with Gasteiger partial charge in [-0.25, -0.2) is 4.39 Å². The van der Waals surface area contributed by atoms with E-state index in [1.165, 1.54) is 12.1 Å². The first-order chi connectivity index (χ1) is 6.81. The third-order valence-electron chi connectivity index (χ3n) is 1.69.